The highest BCUT2D eigenvalue weighted by Gasteiger charge is 2.11. The lowest BCUT2D eigenvalue weighted by Crippen LogP contribution is -1.94. The second-order valence-electron chi connectivity index (χ2n) is 4.37. The summed E-state index contributed by atoms with van der Waals surface area (Å²) in [4.78, 5) is 4.38. The molecule has 0 fully saturated rings. The molecule has 0 aliphatic heterocycles. The molecule has 3 aromatic rings. The van der Waals surface area contributed by atoms with Crippen LogP contribution in [0, 0.1) is 11.6 Å². The van der Waals surface area contributed by atoms with Crippen molar-refractivity contribution in [2.24, 2.45) is 0 Å². The van der Waals surface area contributed by atoms with Gasteiger partial charge in [-0.05, 0) is 29.8 Å². The third-order valence-electron chi connectivity index (χ3n) is 3.11. The van der Waals surface area contributed by atoms with Gasteiger partial charge in [0.15, 0.2) is 11.6 Å². The Labute approximate surface area is 114 Å². The Kier molecular flexibility index (Phi) is 3.06. The fraction of sp³-hybridized carbons (Fsp3) is 0.0625. The molecule has 0 aliphatic rings. The van der Waals surface area contributed by atoms with Crippen molar-refractivity contribution in [3.8, 4) is 17.0 Å². The Hall–Kier alpha value is -2.49. The van der Waals surface area contributed by atoms with Crippen molar-refractivity contribution >= 4 is 10.9 Å². The van der Waals surface area contributed by atoms with Crippen LogP contribution in [0.4, 0.5) is 8.78 Å². The molecule has 0 amide bonds. The zero-order chi connectivity index (χ0) is 14.1. The SMILES string of the molecule is COc1nc2ccccc2cc1-c1ccc(F)c(F)c1. The second-order valence-corrected chi connectivity index (χ2v) is 4.37. The van der Waals surface area contributed by atoms with Gasteiger partial charge in [0.2, 0.25) is 5.88 Å². The van der Waals surface area contributed by atoms with Crippen LogP contribution in [0.15, 0.2) is 48.5 Å². The summed E-state index contributed by atoms with van der Waals surface area (Å²) >= 11 is 0. The smallest absolute Gasteiger partial charge is 0.221 e. The number of fused-ring (bicyclic) bond motifs is 1. The van der Waals surface area contributed by atoms with Gasteiger partial charge in [0, 0.05) is 10.9 Å². The molecule has 0 saturated heterocycles. The van der Waals surface area contributed by atoms with Crippen LogP contribution in [0.25, 0.3) is 22.0 Å². The van der Waals surface area contributed by atoms with Gasteiger partial charge in [-0.2, -0.15) is 0 Å². The lowest BCUT2D eigenvalue weighted by molar-refractivity contribution is 0.401. The summed E-state index contributed by atoms with van der Waals surface area (Å²) in [6, 6.07) is 13.2. The average Bonchev–Trinajstić information content (AvgIpc) is 2.48. The Morgan fingerprint density at radius 1 is 0.950 bits per heavy atom. The number of para-hydroxylation sites is 1. The number of rotatable bonds is 2. The predicted octanol–water partition coefficient (Wildman–Crippen LogP) is 4.19. The largest absolute Gasteiger partial charge is 0.481 e. The Morgan fingerprint density at radius 2 is 1.75 bits per heavy atom. The van der Waals surface area contributed by atoms with Gasteiger partial charge in [-0.1, -0.05) is 24.3 Å². The van der Waals surface area contributed by atoms with Crippen LogP contribution in [-0.2, 0) is 0 Å². The standard InChI is InChI=1S/C16H11F2NO/c1-20-16-12(10-6-7-13(17)14(18)9-10)8-11-4-2-3-5-15(11)19-16/h2-9H,1H3. The molecule has 1 heterocycles. The summed E-state index contributed by atoms with van der Waals surface area (Å²) in [5, 5.41) is 0.910. The number of pyridine rings is 1. The van der Waals surface area contributed by atoms with Crippen molar-refractivity contribution < 1.29 is 13.5 Å². The van der Waals surface area contributed by atoms with E-state index in [2.05, 4.69) is 4.98 Å². The molecule has 0 bridgehead atoms. The normalized spacial score (nSPS) is 10.8. The highest BCUT2D eigenvalue weighted by molar-refractivity contribution is 5.86. The van der Waals surface area contributed by atoms with Crippen LogP contribution >= 0.6 is 0 Å². The van der Waals surface area contributed by atoms with E-state index >= 15 is 0 Å². The van der Waals surface area contributed by atoms with Crippen LogP contribution in [-0.4, -0.2) is 12.1 Å². The minimum absolute atomic E-state index is 0.384. The molecule has 100 valence electrons. The molecule has 4 heteroatoms. The van der Waals surface area contributed by atoms with E-state index in [9.17, 15) is 8.78 Å². The first-order chi connectivity index (χ1) is 9.69. The summed E-state index contributed by atoms with van der Waals surface area (Å²) in [5.74, 6) is -1.38. The molecule has 1 aromatic heterocycles. The maximum atomic E-state index is 13.4. The number of methoxy groups -OCH3 is 1. The third-order valence-corrected chi connectivity index (χ3v) is 3.11. The van der Waals surface area contributed by atoms with Gasteiger partial charge in [0.1, 0.15) is 0 Å². The van der Waals surface area contributed by atoms with Gasteiger partial charge in [0.25, 0.3) is 0 Å². The molecule has 2 nitrogen and oxygen atoms in total. The Morgan fingerprint density at radius 3 is 2.50 bits per heavy atom. The Bertz CT molecular complexity index is 787. The quantitative estimate of drug-likeness (QED) is 0.697. The fourth-order valence-electron chi connectivity index (χ4n) is 2.12. The molecule has 0 unspecified atom stereocenters. The number of nitrogens with zero attached hydrogens (tertiary/aromatic N) is 1. The molecule has 0 spiro atoms. The monoisotopic (exact) mass is 271 g/mol. The first kappa shape index (κ1) is 12.5. The lowest BCUT2D eigenvalue weighted by atomic mass is 10.0. The highest BCUT2D eigenvalue weighted by atomic mass is 19.2. The number of aromatic nitrogens is 1. The third kappa shape index (κ3) is 2.09. The zero-order valence-corrected chi connectivity index (χ0v) is 10.7. The molecule has 0 atom stereocenters. The number of benzene rings is 2. The van der Waals surface area contributed by atoms with Crippen molar-refractivity contribution in [1.29, 1.82) is 0 Å². The number of hydrogen-bond donors (Lipinski definition) is 0. The van der Waals surface area contributed by atoms with Crippen molar-refractivity contribution in [2.75, 3.05) is 7.11 Å². The van der Waals surface area contributed by atoms with Crippen molar-refractivity contribution in [1.82, 2.24) is 4.98 Å². The summed E-state index contributed by atoms with van der Waals surface area (Å²) in [5.41, 5.74) is 1.94. The number of halogens is 2. The molecule has 0 saturated carbocycles. The fourth-order valence-corrected chi connectivity index (χ4v) is 2.12. The minimum Gasteiger partial charge on any atom is -0.481 e. The molecule has 3 rings (SSSR count). The summed E-state index contributed by atoms with van der Waals surface area (Å²) in [6.07, 6.45) is 0. The zero-order valence-electron chi connectivity index (χ0n) is 10.7. The number of ether oxygens (including phenoxy) is 1. The van der Waals surface area contributed by atoms with Gasteiger partial charge in [-0.3, -0.25) is 0 Å². The van der Waals surface area contributed by atoms with Crippen molar-refractivity contribution in [3.05, 3.63) is 60.2 Å². The summed E-state index contributed by atoms with van der Waals surface area (Å²) < 4.78 is 31.7. The Balaban J connectivity index is 2.25. The average molecular weight is 271 g/mol. The molecule has 0 radical (unpaired) electrons. The van der Waals surface area contributed by atoms with Gasteiger partial charge in [-0.25, -0.2) is 13.8 Å². The van der Waals surface area contributed by atoms with Crippen LogP contribution in [0.1, 0.15) is 0 Å². The first-order valence-corrected chi connectivity index (χ1v) is 6.08. The van der Waals surface area contributed by atoms with Gasteiger partial charge < -0.3 is 4.74 Å². The molecule has 2 aromatic carbocycles. The van der Waals surface area contributed by atoms with Gasteiger partial charge in [-0.15, -0.1) is 0 Å². The summed E-state index contributed by atoms with van der Waals surface area (Å²) in [6.45, 7) is 0. The van der Waals surface area contributed by atoms with Crippen LogP contribution in [0.3, 0.4) is 0 Å². The van der Waals surface area contributed by atoms with E-state index in [-0.39, 0.29) is 0 Å². The topological polar surface area (TPSA) is 22.1 Å². The van der Waals surface area contributed by atoms with Crippen LogP contribution < -0.4 is 4.74 Å². The van der Waals surface area contributed by atoms with Crippen molar-refractivity contribution in [3.63, 3.8) is 0 Å². The molecule has 0 aliphatic carbocycles. The van der Waals surface area contributed by atoms with E-state index in [1.54, 1.807) is 0 Å². The van der Waals surface area contributed by atoms with E-state index in [1.165, 1.54) is 13.2 Å². The molecule has 20 heavy (non-hydrogen) atoms. The van der Waals surface area contributed by atoms with Crippen LogP contribution in [0.2, 0.25) is 0 Å². The lowest BCUT2D eigenvalue weighted by Gasteiger charge is -2.10. The van der Waals surface area contributed by atoms with E-state index in [1.807, 2.05) is 30.3 Å². The first-order valence-electron chi connectivity index (χ1n) is 6.08. The molecule has 0 N–H and O–H groups in total. The van der Waals surface area contributed by atoms with Crippen molar-refractivity contribution in [2.45, 2.75) is 0 Å². The van der Waals surface area contributed by atoms with E-state index < -0.39 is 11.6 Å². The minimum atomic E-state index is -0.891. The van der Waals surface area contributed by atoms with E-state index in [4.69, 9.17) is 4.74 Å². The maximum absolute atomic E-state index is 13.4. The van der Waals surface area contributed by atoms with E-state index in [0.717, 1.165) is 23.0 Å². The number of hydrogen-bond acceptors (Lipinski definition) is 2. The summed E-state index contributed by atoms with van der Waals surface area (Å²) in [7, 11) is 1.50. The van der Waals surface area contributed by atoms with Gasteiger partial charge >= 0.3 is 0 Å². The highest BCUT2D eigenvalue weighted by Crippen LogP contribution is 2.32. The molecular formula is C16H11F2NO. The van der Waals surface area contributed by atoms with Gasteiger partial charge in [0.05, 0.1) is 12.6 Å². The maximum Gasteiger partial charge on any atom is 0.221 e. The van der Waals surface area contributed by atoms with Crippen LogP contribution in [0.5, 0.6) is 5.88 Å². The second kappa shape index (κ2) is 4.89. The predicted molar refractivity (Wildman–Crippen MR) is 73.6 cm³/mol. The van der Waals surface area contributed by atoms with E-state index in [0.29, 0.717) is 17.0 Å². The molecular weight excluding hydrogens is 260 g/mol.